The number of benzene rings is 2. The van der Waals surface area contributed by atoms with Gasteiger partial charge in [0.2, 0.25) is 5.91 Å². The molecule has 37 heavy (non-hydrogen) atoms. The predicted octanol–water partition coefficient (Wildman–Crippen LogP) is 6.24. The molecule has 6 nitrogen and oxygen atoms in total. The van der Waals surface area contributed by atoms with Gasteiger partial charge in [-0.25, -0.2) is 18.7 Å². The van der Waals surface area contributed by atoms with Gasteiger partial charge in [0.1, 0.15) is 23.1 Å². The van der Waals surface area contributed by atoms with Crippen molar-refractivity contribution in [1.82, 2.24) is 15.3 Å². The van der Waals surface area contributed by atoms with Crippen LogP contribution in [0.4, 0.5) is 33.9 Å². The fourth-order valence-corrected chi connectivity index (χ4v) is 4.12. The lowest BCUT2D eigenvalue weighted by molar-refractivity contribution is -0.127. The van der Waals surface area contributed by atoms with Crippen LogP contribution in [0.15, 0.2) is 72.1 Å². The van der Waals surface area contributed by atoms with E-state index in [1.165, 1.54) is 18.2 Å². The van der Waals surface area contributed by atoms with Gasteiger partial charge in [0, 0.05) is 30.2 Å². The van der Waals surface area contributed by atoms with Crippen LogP contribution in [0, 0.1) is 5.82 Å². The highest BCUT2D eigenvalue weighted by Gasteiger charge is 2.65. The van der Waals surface area contributed by atoms with Gasteiger partial charge in [0.15, 0.2) is 0 Å². The van der Waals surface area contributed by atoms with Crippen molar-refractivity contribution in [3.05, 3.63) is 84.2 Å². The molecule has 1 aromatic heterocycles. The Morgan fingerprint density at radius 3 is 2.16 bits per heavy atom. The highest BCUT2D eigenvalue weighted by Crippen LogP contribution is 3.02. The number of rotatable bonds is 9. The van der Waals surface area contributed by atoms with E-state index in [-0.39, 0.29) is 30.7 Å². The van der Waals surface area contributed by atoms with E-state index in [1.54, 1.807) is 6.07 Å². The number of anilines is 1. The van der Waals surface area contributed by atoms with Crippen LogP contribution in [0.2, 0.25) is 0 Å². The number of amides is 2. The van der Waals surface area contributed by atoms with E-state index in [9.17, 15) is 37.8 Å². The monoisotopic (exact) mass is 570 g/mol. The van der Waals surface area contributed by atoms with Crippen molar-refractivity contribution < 1.29 is 37.8 Å². The van der Waals surface area contributed by atoms with Crippen molar-refractivity contribution in [2.24, 2.45) is 0 Å². The summed E-state index contributed by atoms with van der Waals surface area (Å²) in [6.07, 6.45) is 3.41. The number of carbonyl (C=O) groups excluding carboxylic acids is 2. The average molecular weight is 571 g/mol. The highest BCUT2D eigenvalue weighted by atomic mass is 35.5. The Morgan fingerprint density at radius 2 is 1.62 bits per heavy atom. The molecule has 0 spiro atoms. The number of hydrogen-bond acceptors (Lipinski definition) is 4. The third kappa shape index (κ3) is 7.32. The zero-order chi connectivity index (χ0) is 27.5. The van der Waals surface area contributed by atoms with E-state index < -0.39 is 50.1 Å². The van der Waals surface area contributed by atoms with Crippen LogP contribution >= 0.6 is 21.8 Å². The number of nitrogens with zero attached hydrogens (tertiary/aromatic N) is 3. The molecule has 15 heteroatoms. The van der Waals surface area contributed by atoms with Gasteiger partial charge in [0.05, 0.1) is 0 Å². The van der Waals surface area contributed by atoms with Crippen LogP contribution in [-0.4, -0.2) is 34.0 Å². The van der Waals surface area contributed by atoms with Crippen LogP contribution in [0.1, 0.15) is 17.2 Å². The topological polar surface area (TPSA) is 75.2 Å². The zero-order valence-electron chi connectivity index (χ0n) is 18.5. The van der Waals surface area contributed by atoms with E-state index >= 15 is 0 Å². The van der Waals surface area contributed by atoms with Crippen LogP contribution < -0.4 is 10.2 Å². The van der Waals surface area contributed by atoms with Gasteiger partial charge in [-0.15, -0.1) is 0 Å². The van der Waals surface area contributed by atoms with Crippen molar-refractivity contribution in [3.8, 4) is 0 Å². The number of aromatic nitrogens is 2. The van der Waals surface area contributed by atoms with Gasteiger partial charge in [-0.2, -0.15) is 0 Å². The maximum Gasteiger partial charge on any atom is 0.310 e. The summed E-state index contributed by atoms with van der Waals surface area (Å²) in [4.78, 5) is 31.5. The van der Waals surface area contributed by atoms with Crippen LogP contribution in [0.25, 0.3) is 0 Å². The number of nitrogens with one attached hydrogen (secondary N) is 1. The van der Waals surface area contributed by atoms with Gasteiger partial charge < -0.3 is 5.32 Å². The molecular weight excluding hydrogens is 553 g/mol. The van der Waals surface area contributed by atoms with Crippen molar-refractivity contribution in [1.29, 1.82) is 0 Å². The molecule has 0 aliphatic rings. The summed E-state index contributed by atoms with van der Waals surface area (Å²) in [5, 5.41) is 2.47. The number of alkyl halides is 2. The molecule has 0 fully saturated rings. The SMILES string of the molecule is O=C(NCCc1cccc(F)c1)[C@@H](c1cncnc1)N(C(=O)[C@H](F)Cl)c1ccc(S(F)(F)(F)(F)F)cc1. The van der Waals surface area contributed by atoms with E-state index in [0.29, 0.717) is 22.6 Å². The molecule has 2 aromatic carbocycles. The Morgan fingerprint density at radius 1 is 1.00 bits per heavy atom. The maximum atomic E-state index is 14.0. The molecule has 0 bridgehead atoms. The third-order valence-corrected chi connectivity index (χ3v) is 6.34. The van der Waals surface area contributed by atoms with Crippen molar-refractivity contribution in [2.75, 3.05) is 11.4 Å². The first kappa shape index (κ1) is 28.2. The van der Waals surface area contributed by atoms with Crippen molar-refractivity contribution in [2.45, 2.75) is 23.0 Å². The normalized spacial score (nSPS) is 15.1. The molecule has 1 heterocycles. The van der Waals surface area contributed by atoms with Gasteiger partial charge in [-0.05, 0) is 48.4 Å². The minimum absolute atomic E-state index is 0.0129. The predicted molar refractivity (Wildman–Crippen MR) is 124 cm³/mol. The minimum Gasteiger partial charge on any atom is -0.354 e. The Bertz CT molecular complexity index is 1280. The molecule has 0 saturated heterocycles. The second kappa shape index (κ2) is 9.82. The molecule has 3 aromatic rings. The summed E-state index contributed by atoms with van der Waals surface area (Å²) >= 11 is 5.31. The Balaban J connectivity index is 1.99. The Hall–Kier alpha value is -3.39. The summed E-state index contributed by atoms with van der Waals surface area (Å²) in [6.45, 7) is -0.0857. The second-order valence-corrected chi connectivity index (χ2v) is 10.5. The molecule has 0 radical (unpaired) electrons. The van der Waals surface area contributed by atoms with E-state index in [0.717, 1.165) is 18.7 Å². The molecule has 200 valence electrons. The molecule has 0 unspecified atom stereocenters. The average Bonchev–Trinajstić information content (AvgIpc) is 2.81. The fraction of sp³-hybridized carbons (Fsp3) is 0.182. The smallest absolute Gasteiger partial charge is 0.310 e. The Labute approximate surface area is 211 Å². The summed E-state index contributed by atoms with van der Waals surface area (Å²) < 4.78 is 93.1. The lowest BCUT2D eigenvalue weighted by Gasteiger charge is -2.40. The molecule has 2 atom stereocenters. The van der Waals surface area contributed by atoms with E-state index in [4.69, 9.17) is 11.6 Å². The fourth-order valence-electron chi connectivity index (χ4n) is 3.36. The summed E-state index contributed by atoms with van der Waals surface area (Å²) in [5.41, 5.74) is -2.85. The van der Waals surface area contributed by atoms with E-state index in [2.05, 4.69) is 15.3 Å². The van der Waals surface area contributed by atoms with Crippen molar-refractivity contribution in [3.63, 3.8) is 0 Å². The molecule has 0 aliphatic heterocycles. The Kier molecular flexibility index (Phi) is 7.48. The standard InChI is InChI=1S/C22H18ClF7N4O2S/c23-20(25)22(36)34(17-4-6-18(7-5-17)37(26,27,28,29)30)19(15-11-31-13-32-12-15)21(35)33-9-8-14-2-1-3-16(24)10-14/h1-7,10-13,19-20H,8-9H2,(H,33,35)/t19-,20+/m1/s1. The zero-order valence-corrected chi connectivity index (χ0v) is 20.1. The third-order valence-electron chi connectivity index (χ3n) is 4.99. The molecule has 2 amide bonds. The number of halogens is 8. The van der Waals surface area contributed by atoms with Gasteiger partial charge in [-0.3, -0.25) is 14.5 Å². The largest absolute Gasteiger partial charge is 0.354 e. The van der Waals surface area contributed by atoms with Crippen LogP contribution in [0.5, 0.6) is 0 Å². The molecule has 1 N–H and O–H groups in total. The number of carbonyl (C=O) groups is 2. The lowest BCUT2D eigenvalue weighted by atomic mass is 10.1. The first-order valence-electron chi connectivity index (χ1n) is 10.3. The molecular formula is C22H18ClF7N4O2S. The second-order valence-electron chi connectivity index (χ2n) is 7.72. The molecule has 0 aliphatic carbocycles. The van der Waals surface area contributed by atoms with Gasteiger partial charge in [0.25, 0.3) is 11.5 Å². The first-order valence-corrected chi connectivity index (χ1v) is 12.7. The summed E-state index contributed by atoms with van der Waals surface area (Å²) in [6, 6.07) is 4.73. The van der Waals surface area contributed by atoms with Gasteiger partial charge >= 0.3 is 10.2 Å². The van der Waals surface area contributed by atoms with Gasteiger partial charge in [-0.1, -0.05) is 43.2 Å². The summed E-state index contributed by atoms with van der Waals surface area (Å²) in [7, 11) is -10.1. The number of hydrogen-bond donors (Lipinski definition) is 1. The van der Waals surface area contributed by atoms with E-state index in [1.807, 2.05) is 0 Å². The lowest BCUT2D eigenvalue weighted by Crippen LogP contribution is -2.46. The van der Waals surface area contributed by atoms with Crippen molar-refractivity contribution >= 4 is 39.3 Å². The summed E-state index contributed by atoms with van der Waals surface area (Å²) in [5.74, 6) is -3.02. The minimum atomic E-state index is -10.1. The maximum absolute atomic E-state index is 14.0. The molecule has 3 rings (SSSR count). The first-order chi connectivity index (χ1) is 17.1. The highest BCUT2D eigenvalue weighted by molar-refractivity contribution is 8.45. The quantitative estimate of drug-likeness (QED) is 0.244. The van der Waals surface area contributed by atoms with Crippen LogP contribution in [0.3, 0.4) is 0 Å². The molecule has 0 saturated carbocycles. The van der Waals surface area contributed by atoms with Crippen LogP contribution in [-0.2, 0) is 16.0 Å².